The van der Waals surface area contributed by atoms with Crippen molar-refractivity contribution in [1.82, 2.24) is 5.32 Å². The highest BCUT2D eigenvalue weighted by molar-refractivity contribution is 9.10. The van der Waals surface area contributed by atoms with Gasteiger partial charge in [-0.05, 0) is 37.0 Å². The molecule has 1 aromatic carbocycles. The van der Waals surface area contributed by atoms with Crippen molar-refractivity contribution in [3.05, 3.63) is 34.3 Å². The summed E-state index contributed by atoms with van der Waals surface area (Å²) in [4.78, 5) is 4.17. The Morgan fingerprint density at radius 1 is 1.56 bits per heavy atom. The summed E-state index contributed by atoms with van der Waals surface area (Å²) in [5, 5.41) is 13.1. The van der Waals surface area contributed by atoms with E-state index in [2.05, 4.69) is 26.2 Å². The first-order valence-electron chi connectivity index (χ1n) is 6.15. The van der Waals surface area contributed by atoms with Gasteiger partial charge in [-0.25, -0.2) is 0 Å². The molecule has 1 aliphatic rings. The minimum absolute atomic E-state index is 0.280. The van der Waals surface area contributed by atoms with Gasteiger partial charge >= 0.3 is 0 Å². The van der Waals surface area contributed by atoms with Crippen LogP contribution in [0, 0.1) is 0 Å². The van der Waals surface area contributed by atoms with Crippen molar-refractivity contribution in [3.8, 4) is 0 Å². The first-order valence-corrected chi connectivity index (χ1v) is 6.94. The number of nitrogens with two attached hydrogens (primary N) is 1. The third-order valence-electron chi connectivity index (χ3n) is 3.13. The van der Waals surface area contributed by atoms with Gasteiger partial charge in [0.2, 0.25) is 0 Å². The number of aliphatic hydroxyl groups excluding tert-OH is 1. The third-order valence-corrected chi connectivity index (χ3v) is 3.62. The molecule has 1 saturated carbocycles. The van der Waals surface area contributed by atoms with Crippen LogP contribution < -0.4 is 11.1 Å². The van der Waals surface area contributed by atoms with Crippen LogP contribution in [0.25, 0.3) is 0 Å². The largest absolute Gasteiger partial charge is 0.386 e. The summed E-state index contributed by atoms with van der Waals surface area (Å²) in [7, 11) is 0. The number of aliphatic imine (C=N–C) groups is 1. The Labute approximate surface area is 115 Å². The van der Waals surface area contributed by atoms with Crippen molar-refractivity contribution < 1.29 is 5.11 Å². The molecular weight excluding hydrogens is 294 g/mol. The molecule has 4 N–H and O–H groups in total. The second kappa shape index (κ2) is 6.20. The molecule has 0 saturated heterocycles. The Morgan fingerprint density at radius 3 is 2.94 bits per heavy atom. The maximum Gasteiger partial charge on any atom is 0.188 e. The highest BCUT2D eigenvalue weighted by atomic mass is 79.9. The van der Waals surface area contributed by atoms with E-state index in [9.17, 15) is 5.11 Å². The number of halogens is 1. The van der Waals surface area contributed by atoms with Gasteiger partial charge < -0.3 is 16.2 Å². The number of nitrogens with one attached hydrogen (secondary N) is 1. The van der Waals surface area contributed by atoms with Gasteiger partial charge in [-0.1, -0.05) is 28.1 Å². The Bertz CT molecular complexity index is 432. The van der Waals surface area contributed by atoms with Crippen molar-refractivity contribution in [2.75, 3.05) is 6.54 Å². The second-order valence-electron chi connectivity index (χ2n) is 4.57. The molecular formula is C13H18BrN3O. The topological polar surface area (TPSA) is 70.6 Å². The summed E-state index contributed by atoms with van der Waals surface area (Å²) in [6.07, 6.45) is 2.95. The number of aliphatic hydroxyl groups is 1. The van der Waals surface area contributed by atoms with Crippen molar-refractivity contribution in [3.63, 3.8) is 0 Å². The molecule has 0 radical (unpaired) electrons. The molecule has 18 heavy (non-hydrogen) atoms. The van der Waals surface area contributed by atoms with Crippen molar-refractivity contribution in [1.29, 1.82) is 0 Å². The lowest BCUT2D eigenvalue weighted by Crippen LogP contribution is -2.43. The van der Waals surface area contributed by atoms with E-state index in [4.69, 9.17) is 5.73 Å². The SMILES string of the molecule is NC(=NC[C@@H](O)c1cccc(Br)c1)NC1CCC1. The predicted molar refractivity (Wildman–Crippen MR) is 76.4 cm³/mol. The van der Waals surface area contributed by atoms with Crippen LogP contribution >= 0.6 is 15.9 Å². The number of benzene rings is 1. The smallest absolute Gasteiger partial charge is 0.188 e. The second-order valence-corrected chi connectivity index (χ2v) is 5.48. The van der Waals surface area contributed by atoms with E-state index in [0.717, 1.165) is 22.9 Å². The van der Waals surface area contributed by atoms with Gasteiger partial charge in [0.05, 0.1) is 12.6 Å². The molecule has 1 aliphatic carbocycles. The van der Waals surface area contributed by atoms with E-state index >= 15 is 0 Å². The number of hydrogen-bond donors (Lipinski definition) is 3. The summed E-state index contributed by atoms with van der Waals surface area (Å²) in [5.74, 6) is 0.425. The van der Waals surface area contributed by atoms with Crippen LogP contribution in [0.2, 0.25) is 0 Å². The molecule has 2 rings (SSSR count). The molecule has 0 bridgehead atoms. The molecule has 1 aromatic rings. The highest BCUT2D eigenvalue weighted by Crippen LogP contribution is 2.19. The van der Waals surface area contributed by atoms with Gasteiger partial charge in [0.1, 0.15) is 0 Å². The van der Waals surface area contributed by atoms with E-state index in [0.29, 0.717) is 12.0 Å². The van der Waals surface area contributed by atoms with Crippen LogP contribution in [0.15, 0.2) is 33.7 Å². The van der Waals surface area contributed by atoms with Crippen LogP contribution in [0.4, 0.5) is 0 Å². The summed E-state index contributed by atoms with van der Waals surface area (Å²) in [6, 6.07) is 8.04. The molecule has 0 aliphatic heterocycles. The third kappa shape index (κ3) is 3.71. The van der Waals surface area contributed by atoms with Crippen LogP contribution in [0.5, 0.6) is 0 Å². The van der Waals surface area contributed by atoms with Gasteiger partial charge in [0.25, 0.3) is 0 Å². The monoisotopic (exact) mass is 311 g/mol. The van der Waals surface area contributed by atoms with E-state index in [1.54, 1.807) is 0 Å². The Hall–Kier alpha value is -1.07. The fourth-order valence-corrected chi connectivity index (χ4v) is 2.23. The zero-order valence-corrected chi connectivity index (χ0v) is 11.7. The van der Waals surface area contributed by atoms with E-state index in [1.165, 1.54) is 6.42 Å². The van der Waals surface area contributed by atoms with E-state index in [-0.39, 0.29) is 6.54 Å². The van der Waals surface area contributed by atoms with Gasteiger partial charge in [0, 0.05) is 10.5 Å². The van der Waals surface area contributed by atoms with Crippen molar-refractivity contribution in [2.24, 2.45) is 10.7 Å². The fourth-order valence-electron chi connectivity index (χ4n) is 1.81. The Morgan fingerprint density at radius 2 is 2.33 bits per heavy atom. The molecule has 0 aromatic heterocycles. The lowest BCUT2D eigenvalue weighted by atomic mass is 9.93. The average molecular weight is 312 g/mol. The fraction of sp³-hybridized carbons (Fsp3) is 0.462. The van der Waals surface area contributed by atoms with Gasteiger partial charge in [-0.2, -0.15) is 0 Å². The number of hydrogen-bond acceptors (Lipinski definition) is 2. The number of nitrogens with zero attached hydrogens (tertiary/aromatic N) is 1. The Kier molecular flexibility index (Phi) is 4.60. The summed E-state index contributed by atoms with van der Waals surface area (Å²) >= 11 is 3.38. The molecule has 5 heteroatoms. The zero-order valence-electron chi connectivity index (χ0n) is 10.1. The maximum atomic E-state index is 9.99. The summed E-state index contributed by atoms with van der Waals surface area (Å²) < 4.78 is 0.948. The summed E-state index contributed by atoms with van der Waals surface area (Å²) in [6.45, 7) is 0.280. The standard InChI is InChI=1S/C13H18BrN3O/c14-10-4-1-3-9(7-10)12(18)8-16-13(15)17-11-5-2-6-11/h1,3-4,7,11-12,18H,2,5-6,8H2,(H3,15,16,17)/t12-/m1/s1. The molecule has 0 unspecified atom stereocenters. The lowest BCUT2D eigenvalue weighted by Gasteiger charge is -2.26. The molecule has 4 nitrogen and oxygen atoms in total. The first kappa shape index (κ1) is 13.4. The molecule has 0 spiro atoms. The van der Waals surface area contributed by atoms with Crippen molar-refractivity contribution >= 4 is 21.9 Å². The van der Waals surface area contributed by atoms with Gasteiger partial charge in [0.15, 0.2) is 5.96 Å². The normalized spacial score (nSPS) is 18.2. The van der Waals surface area contributed by atoms with E-state index < -0.39 is 6.10 Å². The van der Waals surface area contributed by atoms with Crippen LogP contribution in [0.1, 0.15) is 30.9 Å². The first-order chi connectivity index (χ1) is 8.65. The van der Waals surface area contributed by atoms with E-state index in [1.807, 2.05) is 24.3 Å². The van der Waals surface area contributed by atoms with Gasteiger partial charge in [-0.3, -0.25) is 4.99 Å². The predicted octanol–water partition coefficient (Wildman–Crippen LogP) is 1.94. The molecule has 1 atom stereocenters. The van der Waals surface area contributed by atoms with Gasteiger partial charge in [-0.15, -0.1) is 0 Å². The number of guanidine groups is 1. The maximum absolute atomic E-state index is 9.99. The van der Waals surface area contributed by atoms with Crippen LogP contribution in [-0.4, -0.2) is 23.7 Å². The molecule has 0 heterocycles. The molecule has 0 amide bonds. The summed E-state index contributed by atoms with van der Waals surface area (Å²) in [5.41, 5.74) is 6.60. The minimum atomic E-state index is -0.621. The molecule has 1 fully saturated rings. The van der Waals surface area contributed by atoms with Crippen LogP contribution in [-0.2, 0) is 0 Å². The zero-order chi connectivity index (χ0) is 13.0. The highest BCUT2D eigenvalue weighted by Gasteiger charge is 2.17. The average Bonchev–Trinajstić information content (AvgIpc) is 2.31. The Balaban J connectivity index is 1.86. The lowest BCUT2D eigenvalue weighted by molar-refractivity contribution is 0.187. The quantitative estimate of drug-likeness (QED) is 0.588. The van der Waals surface area contributed by atoms with Crippen LogP contribution in [0.3, 0.4) is 0 Å². The number of rotatable bonds is 4. The molecule has 98 valence electrons. The van der Waals surface area contributed by atoms with Crippen molar-refractivity contribution in [2.45, 2.75) is 31.4 Å². The minimum Gasteiger partial charge on any atom is -0.386 e.